The highest BCUT2D eigenvalue weighted by atomic mass is 19.1. The third kappa shape index (κ3) is 3.30. The van der Waals surface area contributed by atoms with Crippen LogP contribution in [0, 0.1) is 12.7 Å². The fourth-order valence-electron chi connectivity index (χ4n) is 2.38. The Morgan fingerprint density at radius 1 is 1.47 bits per heavy atom. The number of benzene rings is 1. The Labute approximate surface area is 112 Å². The fraction of sp³-hybridized carbons (Fsp3) is 0.500. The minimum Gasteiger partial charge on any atom is -0.370 e. The number of hydrogen-bond acceptors (Lipinski definition) is 3. The summed E-state index contributed by atoms with van der Waals surface area (Å²) in [6.07, 6.45) is -0.205. The van der Waals surface area contributed by atoms with E-state index in [2.05, 4.69) is 0 Å². The van der Waals surface area contributed by atoms with E-state index < -0.39 is 0 Å². The van der Waals surface area contributed by atoms with Crippen molar-refractivity contribution in [2.24, 2.45) is 5.73 Å². The second-order valence-corrected chi connectivity index (χ2v) is 5.03. The van der Waals surface area contributed by atoms with Crippen LogP contribution in [0.3, 0.4) is 0 Å². The first-order chi connectivity index (χ1) is 8.99. The molecule has 0 aliphatic carbocycles. The van der Waals surface area contributed by atoms with E-state index in [4.69, 9.17) is 10.5 Å². The van der Waals surface area contributed by atoms with Crippen molar-refractivity contribution < 1.29 is 13.9 Å². The second-order valence-electron chi connectivity index (χ2n) is 5.03. The van der Waals surface area contributed by atoms with Crippen LogP contribution in [0.4, 0.5) is 4.39 Å². The average Bonchev–Trinajstić information content (AvgIpc) is 2.35. The van der Waals surface area contributed by atoms with E-state index in [9.17, 15) is 9.18 Å². The Kier molecular flexibility index (Phi) is 4.17. The van der Waals surface area contributed by atoms with Gasteiger partial charge in [-0.15, -0.1) is 0 Å². The number of halogens is 1. The lowest BCUT2D eigenvalue weighted by Crippen LogP contribution is -2.51. The summed E-state index contributed by atoms with van der Waals surface area (Å²) in [5.74, 6) is -0.559. The number of nitrogens with zero attached hydrogens (tertiary/aromatic N) is 1. The van der Waals surface area contributed by atoms with Gasteiger partial charge in [0.2, 0.25) is 0 Å². The van der Waals surface area contributed by atoms with Crippen LogP contribution < -0.4 is 5.73 Å². The molecule has 19 heavy (non-hydrogen) atoms. The van der Waals surface area contributed by atoms with Gasteiger partial charge in [0.1, 0.15) is 5.82 Å². The molecule has 1 aliphatic heterocycles. The van der Waals surface area contributed by atoms with E-state index in [0.717, 1.165) is 5.56 Å². The number of ether oxygens (including phenoxy) is 1. The van der Waals surface area contributed by atoms with Crippen LogP contribution in [-0.2, 0) is 4.74 Å². The molecule has 2 N–H and O–H groups in total. The summed E-state index contributed by atoms with van der Waals surface area (Å²) >= 11 is 0. The molecule has 1 heterocycles. The van der Waals surface area contributed by atoms with Gasteiger partial charge in [-0.1, -0.05) is 0 Å². The highest BCUT2D eigenvalue weighted by molar-refractivity contribution is 5.94. The number of nitrogens with two attached hydrogens (primary N) is 1. The van der Waals surface area contributed by atoms with Gasteiger partial charge in [0.25, 0.3) is 5.91 Å². The molecule has 0 bridgehead atoms. The number of amides is 1. The van der Waals surface area contributed by atoms with Gasteiger partial charge in [0, 0.05) is 25.2 Å². The molecule has 0 aromatic heterocycles. The smallest absolute Gasteiger partial charge is 0.254 e. The third-order valence-electron chi connectivity index (χ3n) is 3.17. The second kappa shape index (κ2) is 5.67. The van der Waals surface area contributed by atoms with Crippen LogP contribution in [0.15, 0.2) is 18.2 Å². The molecule has 1 aromatic rings. The zero-order valence-electron chi connectivity index (χ0n) is 11.2. The molecule has 1 saturated heterocycles. The van der Waals surface area contributed by atoms with Gasteiger partial charge in [-0.05, 0) is 37.6 Å². The van der Waals surface area contributed by atoms with Gasteiger partial charge >= 0.3 is 0 Å². The summed E-state index contributed by atoms with van der Waals surface area (Å²) in [5.41, 5.74) is 6.71. The number of morpholine rings is 1. The minimum atomic E-state index is -0.389. The third-order valence-corrected chi connectivity index (χ3v) is 3.17. The molecule has 1 amide bonds. The first kappa shape index (κ1) is 14.0. The van der Waals surface area contributed by atoms with Crippen LogP contribution in [-0.4, -0.2) is 42.6 Å². The largest absolute Gasteiger partial charge is 0.370 e. The molecule has 0 radical (unpaired) electrons. The van der Waals surface area contributed by atoms with Crippen LogP contribution in [0.5, 0.6) is 0 Å². The van der Waals surface area contributed by atoms with Gasteiger partial charge in [-0.25, -0.2) is 4.39 Å². The van der Waals surface area contributed by atoms with Gasteiger partial charge in [-0.3, -0.25) is 4.79 Å². The summed E-state index contributed by atoms with van der Waals surface area (Å²) in [4.78, 5) is 14.1. The topological polar surface area (TPSA) is 55.6 Å². The summed E-state index contributed by atoms with van der Waals surface area (Å²) in [6.45, 7) is 5.00. The van der Waals surface area contributed by atoms with Gasteiger partial charge in [0.15, 0.2) is 0 Å². The predicted octanol–water partition coefficient (Wildman–Crippen LogP) is 1.32. The van der Waals surface area contributed by atoms with Crippen molar-refractivity contribution in [2.45, 2.75) is 26.1 Å². The monoisotopic (exact) mass is 266 g/mol. The van der Waals surface area contributed by atoms with E-state index in [1.165, 1.54) is 12.1 Å². The maximum absolute atomic E-state index is 13.4. The first-order valence-corrected chi connectivity index (χ1v) is 6.41. The highest BCUT2D eigenvalue weighted by Crippen LogP contribution is 2.16. The minimum absolute atomic E-state index is 0.0547. The maximum Gasteiger partial charge on any atom is 0.254 e. The molecular weight excluding hydrogens is 247 g/mol. The molecule has 2 rings (SSSR count). The maximum atomic E-state index is 13.4. The van der Waals surface area contributed by atoms with Gasteiger partial charge in [0.05, 0.1) is 12.2 Å². The standard InChI is InChI=1S/C14H19FN2O2/c1-9-3-11(5-12(15)4-9)14(18)17-7-10(2)19-13(6-16)8-17/h3-5,10,13H,6-8,16H2,1-2H3. The van der Waals surface area contributed by atoms with Crippen molar-refractivity contribution in [3.8, 4) is 0 Å². The molecule has 1 fully saturated rings. The number of rotatable bonds is 2. The lowest BCUT2D eigenvalue weighted by Gasteiger charge is -2.36. The molecule has 5 heteroatoms. The van der Waals surface area contributed by atoms with Crippen molar-refractivity contribution in [3.05, 3.63) is 35.1 Å². The zero-order valence-corrected chi connectivity index (χ0v) is 11.2. The van der Waals surface area contributed by atoms with E-state index in [0.29, 0.717) is 25.2 Å². The number of hydrogen-bond donors (Lipinski definition) is 1. The lowest BCUT2D eigenvalue weighted by atomic mass is 10.1. The normalized spacial score (nSPS) is 23.5. The van der Waals surface area contributed by atoms with Crippen molar-refractivity contribution >= 4 is 5.91 Å². The fourth-order valence-corrected chi connectivity index (χ4v) is 2.38. The molecule has 4 nitrogen and oxygen atoms in total. The van der Waals surface area contributed by atoms with Crippen molar-refractivity contribution in [1.29, 1.82) is 0 Å². The SMILES string of the molecule is Cc1cc(F)cc(C(=O)N2CC(C)OC(CN)C2)c1. The summed E-state index contributed by atoms with van der Waals surface area (Å²) in [6, 6.07) is 4.37. The molecule has 2 unspecified atom stereocenters. The average molecular weight is 266 g/mol. The van der Waals surface area contributed by atoms with E-state index in [-0.39, 0.29) is 23.9 Å². The van der Waals surface area contributed by atoms with Crippen molar-refractivity contribution in [3.63, 3.8) is 0 Å². The summed E-state index contributed by atoms with van der Waals surface area (Å²) in [7, 11) is 0. The summed E-state index contributed by atoms with van der Waals surface area (Å²) in [5, 5.41) is 0. The van der Waals surface area contributed by atoms with Crippen molar-refractivity contribution in [1.82, 2.24) is 4.90 Å². The Hall–Kier alpha value is -1.46. The van der Waals surface area contributed by atoms with Gasteiger partial charge in [-0.2, -0.15) is 0 Å². The van der Waals surface area contributed by atoms with Gasteiger partial charge < -0.3 is 15.4 Å². The molecule has 0 spiro atoms. The lowest BCUT2D eigenvalue weighted by molar-refractivity contribution is -0.0625. The molecular formula is C14H19FN2O2. The Bertz CT molecular complexity index is 458. The summed E-state index contributed by atoms with van der Waals surface area (Å²) < 4.78 is 19.0. The molecule has 1 aliphatic rings. The quantitative estimate of drug-likeness (QED) is 0.878. The first-order valence-electron chi connectivity index (χ1n) is 6.41. The molecule has 104 valence electrons. The van der Waals surface area contributed by atoms with Crippen molar-refractivity contribution in [2.75, 3.05) is 19.6 Å². The molecule has 0 saturated carbocycles. The zero-order chi connectivity index (χ0) is 14.0. The van der Waals surface area contributed by atoms with Crippen LogP contribution in [0.2, 0.25) is 0 Å². The van der Waals surface area contributed by atoms with Crippen LogP contribution >= 0.6 is 0 Å². The number of carbonyl (C=O) groups excluding carboxylic acids is 1. The van der Waals surface area contributed by atoms with Crippen LogP contribution in [0.1, 0.15) is 22.8 Å². The predicted molar refractivity (Wildman–Crippen MR) is 70.4 cm³/mol. The Morgan fingerprint density at radius 3 is 2.84 bits per heavy atom. The van der Waals surface area contributed by atoms with Crippen LogP contribution in [0.25, 0.3) is 0 Å². The Morgan fingerprint density at radius 2 is 2.21 bits per heavy atom. The number of carbonyl (C=O) groups is 1. The van der Waals surface area contributed by atoms with E-state index in [1.54, 1.807) is 17.9 Å². The van der Waals surface area contributed by atoms with E-state index in [1.807, 2.05) is 6.92 Å². The Balaban J connectivity index is 2.18. The highest BCUT2D eigenvalue weighted by Gasteiger charge is 2.28. The van der Waals surface area contributed by atoms with E-state index >= 15 is 0 Å². The molecule has 1 aromatic carbocycles. The molecule has 2 atom stereocenters. The number of aryl methyl sites for hydroxylation is 1.